The van der Waals surface area contributed by atoms with Gasteiger partial charge in [-0.2, -0.15) is 0 Å². The highest BCUT2D eigenvalue weighted by Crippen LogP contribution is 2.15. The summed E-state index contributed by atoms with van der Waals surface area (Å²) in [5.74, 6) is -0.368. The molecule has 2 aromatic heterocycles. The van der Waals surface area contributed by atoms with E-state index in [0.29, 0.717) is 23.4 Å². The van der Waals surface area contributed by atoms with Gasteiger partial charge in [0, 0.05) is 6.20 Å². The van der Waals surface area contributed by atoms with Gasteiger partial charge in [-0.3, -0.25) is 4.79 Å². The predicted molar refractivity (Wildman–Crippen MR) is 58.7 cm³/mol. The highest BCUT2D eigenvalue weighted by molar-refractivity contribution is 5.97. The number of pyridine rings is 1. The summed E-state index contributed by atoms with van der Waals surface area (Å²) in [5.41, 5.74) is 1.67. The number of nitrogens with zero attached hydrogens (tertiary/aromatic N) is 1. The highest BCUT2D eigenvalue weighted by atomic mass is 16.5. The van der Waals surface area contributed by atoms with Crippen molar-refractivity contribution < 1.29 is 14.3 Å². The van der Waals surface area contributed by atoms with E-state index in [1.807, 2.05) is 0 Å². The Kier molecular flexibility index (Phi) is 2.72. The smallest absolute Gasteiger partial charge is 0.340 e. The molecule has 16 heavy (non-hydrogen) atoms. The van der Waals surface area contributed by atoms with E-state index in [9.17, 15) is 9.59 Å². The van der Waals surface area contributed by atoms with Crippen LogP contribution in [0.15, 0.2) is 30.5 Å². The predicted octanol–water partition coefficient (Wildman–Crippen LogP) is 1.93. The highest BCUT2D eigenvalue weighted by Gasteiger charge is 2.12. The maximum atomic E-state index is 11.6. The molecule has 0 saturated carbocycles. The van der Waals surface area contributed by atoms with Gasteiger partial charge < -0.3 is 9.14 Å². The normalized spacial score (nSPS) is 10.3. The SMILES string of the molecule is CCOC(=O)c1ccn2c(C=O)cccc12. The van der Waals surface area contributed by atoms with Crippen molar-refractivity contribution >= 4 is 17.8 Å². The molecule has 82 valence electrons. The van der Waals surface area contributed by atoms with Crippen LogP contribution in [0.4, 0.5) is 0 Å². The first-order chi connectivity index (χ1) is 7.77. The zero-order valence-corrected chi connectivity index (χ0v) is 8.84. The summed E-state index contributed by atoms with van der Waals surface area (Å²) in [5, 5.41) is 0. The Hall–Kier alpha value is -2.10. The number of aromatic nitrogens is 1. The lowest BCUT2D eigenvalue weighted by Crippen LogP contribution is -2.04. The lowest BCUT2D eigenvalue weighted by atomic mass is 10.2. The van der Waals surface area contributed by atoms with Crippen LogP contribution in [0.3, 0.4) is 0 Å². The average molecular weight is 217 g/mol. The Morgan fingerprint density at radius 3 is 2.94 bits per heavy atom. The molecule has 0 amide bonds. The Morgan fingerprint density at radius 2 is 2.25 bits per heavy atom. The zero-order chi connectivity index (χ0) is 11.5. The second-order valence-electron chi connectivity index (χ2n) is 3.27. The van der Waals surface area contributed by atoms with Crippen molar-refractivity contribution in [2.75, 3.05) is 6.61 Å². The maximum absolute atomic E-state index is 11.6. The fraction of sp³-hybridized carbons (Fsp3) is 0.167. The van der Waals surface area contributed by atoms with Crippen molar-refractivity contribution in [1.82, 2.24) is 4.40 Å². The molecule has 0 fully saturated rings. The largest absolute Gasteiger partial charge is 0.462 e. The summed E-state index contributed by atoms with van der Waals surface area (Å²) >= 11 is 0. The van der Waals surface area contributed by atoms with Gasteiger partial charge in [-0.15, -0.1) is 0 Å². The van der Waals surface area contributed by atoms with Crippen LogP contribution in [-0.4, -0.2) is 23.3 Å². The molecule has 4 heteroatoms. The lowest BCUT2D eigenvalue weighted by molar-refractivity contribution is 0.0528. The molecule has 2 heterocycles. The van der Waals surface area contributed by atoms with E-state index in [-0.39, 0.29) is 5.97 Å². The van der Waals surface area contributed by atoms with E-state index in [0.717, 1.165) is 6.29 Å². The first-order valence-electron chi connectivity index (χ1n) is 5.00. The van der Waals surface area contributed by atoms with Crippen LogP contribution >= 0.6 is 0 Å². The van der Waals surface area contributed by atoms with Crippen LogP contribution in [0.2, 0.25) is 0 Å². The second kappa shape index (κ2) is 4.18. The molecule has 0 saturated heterocycles. The van der Waals surface area contributed by atoms with Gasteiger partial charge in [0.15, 0.2) is 6.29 Å². The quantitative estimate of drug-likeness (QED) is 0.583. The van der Waals surface area contributed by atoms with E-state index in [2.05, 4.69) is 0 Å². The molecule has 2 rings (SSSR count). The Morgan fingerprint density at radius 1 is 1.44 bits per heavy atom. The topological polar surface area (TPSA) is 47.8 Å². The van der Waals surface area contributed by atoms with Gasteiger partial charge in [0.2, 0.25) is 0 Å². The van der Waals surface area contributed by atoms with Crippen molar-refractivity contribution in [3.63, 3.8) is 0 Å². The van der Waals surface area contributed by atoms with Crippen LogP contribution in [-0.2, 0) is 4.74 Å². The van der Waals surface area contributed by atoms with E-state index in [1.54, 1.807) is 41.8 Å². The Labute approximate surface area is 92.4 Å². The molecule has 0 unspecified atom stereocenters. The van der Waals surface area contributed by atoms with E-state index in [4.69, 9.17) is 4.74 Å². The van der Waals surface area contributed by atoms with Gasteiger partial charge >= 0.3 is 5.97 Å². The van der Waals surface area contributed by atoms with Crippen LogP contribution in [0, 0.1) is 0 Å². The summed E-state index contributed by atoms with van der Waals surface area (Å²) in [6.45, 7) is 2.09. The molecule has 0 bridgehead atoms. The number of hydrogen-bond acceptors (Lipinski definition) is 3. The fourth-order valence-corrected chi connectivity index (χ4v) is 1.64. The first kappa shape index (κ1) is 10.4. The second-order valence-corrected chi connectivity index (χ2v) is 3.27. The molecule has 0 N–H and O–H groups in total. The molecule has 0 atom stereocenters. The molecular formula is C12H11NO3. The van der Waals surface area contributed by atoms with E-state index in [1.165, 1.54) is 0 Å². The van der Waals surface area contributed by atoms with E-state index >= 15 is 0 Å². The molecular weight excluding hydrogens is 206 g/mol. The summed E-state index contributed by atoms with van der Waals surface area (Å²) in [4.78, 5) is 22.4. The minimum atomic E-state index is -0.368. The third-order valence-electron chi connectivity index (χ3n) is 2.34. The van der Waals surface area contributed by atoms with Crippen LogP contribution < -0.4 is 0 Å². The van der Waals surface area contributed by atoms with Crippen molar-refractivity contribution in [2.45, 2.75) is 6.92 Å². The maximum Gasteiger partial charge on any atom is 0.340 e. The van der Waals surface area contributed by atoms with Crippen molar-refractivity contribution in [3.8, 4) is 0 Å². The fourth-order valence-electron chi connectivity index (χ4n) is 1.64. The minimum absolute atomic E-state index is 0.337. The number of aldehydes is 1. The van der Waals surface area contributed by atoms with Crippen LogP contribution in [0.1, 0.15) is 27.8 Å². The number of hydrogen-bond donors (Lipinski definition) is 0. The minimum Gasteiger partial charge on any atom is -0.462 e. The monoisotopic (exact) mass is 217 g/mol. The molecule has 0 radical (unpaired) electrons. The number of carbonyl (C=O) groups excluding carboxylic acids is 2. The third kappa shape index (κ3) is 1.58. The first-order valence-corrected chi connectivity index (χ1v) is 5.00. The number of esters is 1. The molecule has 0 aromatic carbocycles. The van der Waals surface area contributed by atoms with Gasteiger partial charge in [-0.25, -0.2) is 4.79 Å². The van der Waals surface area contributed by atoms with Gasteiger partial charge in [0.05, 0.1) is 23.4 Å². The van der Waals surface area contributed by atoms with Crippen LogP contribution in [0.5, 0.6) is 0 Å². The van der Waals surface area contributed by atoms with Crippen molar-refractivity contribution in [1.29, 1.82) is 0 Å². The van der Waals surface area contributed by atoms with Crippen molar-refractivity contribution in [2.24, 2.45) is 0 Å². The van der Waals surface area contributed by atoms with Gasteiger partial charge in [0.25, 0.3) is 0 Å². The average Bonchev–Trinajstić information content (AvgIpc) is 2.72. The van der Waals surface area contributed by atoms with Gasteiger partial charge in [-0.1, -0.05) is 6.07 Å². The number of ether oxygens (including phenoxy) is 1. The molecule has 0 spiro atoms. The van der Waals surface area contributed by atoms with E-state index < -0.39 is 0 Å². The summed E-state index contributed by atoms with van der Waals surface area (Å²) in [7, 11) is 0. The van der Waals surface area contributed by atoms with Gasteiger partial charge in [0.1, 0.15) is 0 Å². The molecule has 0 aliphatic heterocycles. The summed E-state index contributed by atoms with van der Waals surface area (Å²) in [6.07, 6.45) is 2.44. The molecule has 0 aliphatic rings. The molecule has 2 aromatic rings. The standard InChI is InChI=1S/C12H11NO3/c1-2-16-12(15)10-6-7-13-9(8-14)4-3-5-11(10)13/h3-8H,2H2,1H3. The Bertz CT molecular complexity index is 542. The van der Waals surface area contributed by atoms with Gasteiger partial charge in [-0.05, 0) is 25.1 Å². The van der Waals surface area contributed by atoms with Crippen LogP contribution in [0.25, 0.3) is 5.52 Å². The summed E-state index contributed by atoms with van der Waals surface area (Å²) in [6, 6.07) is 6.86. The zero-order valence-electron chi connectivity index (χ0n) is 8.84. The van der Waals surface area contributed by atoms with Crippen molar-refractivity contribution in [3.05, 3.63) is 41.7 Å². The molecule has 4 nitrogen and oxygen atoms in total. The number of fused-ring (bicyclic) bond motifs is 1. The number of carbonyl (C=O) groups is 2. The number of rotatable bonds is 3. The lowest BCUT2D eigenvalue weighted by Gasteiger charge is -2.01. The molecule has 0 aliphatic carbocycles. The Balaban J connectivity index is 2.57. The third-order valence-corrected chi connectivity index (χ3v) is 2.34. The summed E-state index contributed by atoms with van der Waals surface area (Å²) < 4.78 is 6.59.